The SMILES string of the molecule is CC(C)N(C(=O)CBr)c1ccc2c(c1)OCO2. The Kier molecular flexibility index (Phi) is 3.57. The number of nitrogens with zero attached hydrogens (tertiary/aromatic N) is 1. The van der Waals surface area contributed by atoms with Gasteiger partial charge < -0.3 is 14.4 Å². The van der Waals surface area contributed by atoms with E-state index in [1.165, 1.54) is 0 Å². The predicted octanol–water partition coefficient (Wildman–Crippen LogP) is 2.55. The van der Waals surface area contributed by atoms with Crippen LogP contribution in [0.1, 0.15) is 13.8 Å². The second kappa shape index (κ2) is 4.96. The van der Waals surface area contributed by atoms with Crippen molar-refractivity contribution in [2.24, 2.45) is 0 Å². The Morgan fingerprint density at radius 2 is 2.12 bits per heavy atom. The van der Waals surface area contributed by atoms with Gasteiger partial charge in [0, 0.05) is 17.8 Å². The molecule has 1 aliphatic heterocycles. The van der Waals surface area contributed by atoms with E-state index in [1.54, 1.807) is 4.90 Å². The summed E-state index contributed by atoms with van der Waals surface area (Å²) in [6.45, 7) is 4.20. The van der Waals surface area contributed by atoms with E-state index < -0.39 is 0 Å². The lowest BCUT2D eigenvalue weighted by molar-refractivity contribution is -0.116. The molecule has 1 heterocycles. The first-order valence-corrected chi connectivity index (χ1v) is 6.53. The average molecular weight is 300 g/mol. The minimum Gasteiger partial charge on any atom is -0.454 e. The highest BCUT2D eigenvalue weighted by Gasteiger charge is 2.21. The Labute approximate surface area is 109 Å². The fourth-order valence-corrected chi connectivity index (χ4v) is 2.10. The van der Waals surface area contributed by atoms with E-state index in [0.29, 0.717) is 11.1 Å². The molecule has 0 spiro atoms. The third-order valence-electron chi connectivity index (χ3n) is 2.53. The maximum atomic E-state index is 11.9. The van der Waals surface area contributed by atoms with Crippen molar-refractivity contribution in [2.75, 3.05) is 17.0 Å². The molecule has 92 valence electrons. The number of hydrogen-bond donors (Lipinski definition) is 0. The molecule has 0 saturated heterocycles. The molecule has 4 nitrogen and oxygen atoms in total. The molecule has 0 aliphatic carbocycles. The van der Waals surface area contributed by atoms with Crippen LogP contribution in [0.2, 0.25) is 0 Å². The van der Waals surface area contributed by atoms with Crippen molar-refractivity contribution in [3.8, 4) is 11.5 Å². The van der Waals surface area contributed by atoms with E-state index in [1.807, 2.05) is 32.0 Å². The first-order chi connectivity index (χ1) is 8.13. The number of carbonyl (C=O) groups is 1. The van der Waals surface area contributed by atoms with Gasteiger partial charge in [0.2, 0.25) is 12.7 Å². The molecule has 17 heavy (non-hydrogen) atoms. The molecule has 2 rings (SSSR count). The maximum absolute atomic E-state index is 11.9. The molecule has 0 bridgehead atoms. The molecular formula is C12H14BrNO3. The quantitative estimate of drug-likeness (QED) is 0.805. The van der Waals surface area contributed by atoms with Gasteiger partial charge in [0.1, 0.15) is 0 Å². The molecule has 1 amide bonds. The van der Waals surface area contributed by atoms with E-state index in [9.17, 15) is 4.79 Å². The van der Waals surface area contributed by atoms with Gasteiger partial charge in [0.05, 0.1) is 5.33 Å². The predicted molar refractivity (Wildman–Crippen MR) is 69.0 cm³/mol. The summed E-state index contributed by atoms with van der Waals surface area (Å²) in [5, 5.41) is 0.305. The molecular weight excluding hydrogens is 286 g/mol. The van der Waals surface area contributed by atoms with Crippen LogP contribution in [0.25, 0.3) is 0 Å². The second-order valence-corrected chi connectivity index (χ2v) is 4.59. The fourth-order valence-electron chi connectivity index (χ4n) is 1.83. The zero-order valence-electron chi connectivity index (χ0n) is 9.77. The van der Waals surface area contributed by atoms with Crippen LogP contribution in [0.4, 0.5) is 5.69 Å². The van der Waals surface area contributed by atoms with Gasteiger partial charge in [-0.1, -0.05) is 15.9 Å². The van der Waals surface area contributed by atoms with Crippen molar-refractivity contribution in [3.05, 3.63) is 18.2 Å². The summed E-state index contributed by atoms with van der Waals surface area (Å²) < 4.78 is 10.6. The van der Waals surface area contributed by atoms with Crippen LogP contribution in [0.3, 0.4) is 0 Å². The number of ether oxygens (including phenoxy) is 2. The number of anilines is 1. The summed E-state index contributed by atoms with van der Waals surface area (Å²) in [7, 11) is 0. The van der Waals surface area contributed by atoms with Gasteiger partial charge in [0.25, 0.3) is 0 Å². The van der Waals surface area contributed by atoms with Crippen molar-refractivity contribution in [1.82, 2.24) is 0 Å². The summed E-state index contributed by atoms with van der Waals surface area (Å²) in [6.07, 6.45) is 0. The van der Waals surface area contributed by atoms with Crippen LogP contribution in [0.5, 0.6) is 11.5 Å². The first-order valence-electron chi connectivity index (χ1n) is 5.41. The topological polar surface area (TPSA) is 38.8 Å². The van der Waals surface area contributed by atoms with Gasteiger partial charge in [0.15, 0.2) is 11.5 Å². The third kappa shape index (κ3) is 2.39. The van der Waals surface area contributed by atoms with Crippen LogP contribution in [-0.2, 0) is 4.79 Å². The molecule has 0 fully saturated rings. The van der Waals surface area contributed by atoms with Gasteiger partial charge in [-0.25, -0.2) is 0 Å². The summed E-state index contributed by atoms with van der Waals surface area (Å²) in [5.41, 5.74) is 0.828. The zero-order chi connectivity index (χ0) is 12.4. The van der Waals surface area contributed by atoms with Crippen LogP contribution < -0.4 is 14.4 Å². The number of alkyl halides is 1. The van der Waals surface area contributed by atoms with Gasteiger partial charge >= 0.3 is 0 Å². The van der Waals surface area contributed by atoms with Crippen molar-refractivity contribution >= 4 is 27.5 Å². The third-order valence-corrected chi connectivity index (χ3v) is 3.01. The van der Waals surface area contributed by atoms with E-state index in [0.717, 1.165) is 11.4 Å². The number of benzene rings is 1. The van der Waals surface area contributed by atoms with Crippen molar-refractivity contribution in [3.63, 3.8) is 0 Å². The lowest BCUT2D eigenvalue weighted by atomic mass is 10.2. The van der Waals surface area contributed by atoms with Gasteiger partial charge in [-0.2, -0.15) is 0 Å². The van der Waals surface area contributed by atoms with E-state index in [2.05, 4.69) is 15.9 Å². The molecule has 0 saturated carbocycles. The van der Waals surface area contributed by atoms with Crippen LogP contribution in [0.15, 0.2) is 18.2 Å². The molecule has 0 N–H and O–H groups in total. The summed E-state index contributed by atoms with van der Waals surface area (Å²) in [4.78, 5) is 13.6. The molecule has 0 aromatic heterocycles. The van der Waals surface area contributed by atoms with Crippen LogP contribution in [0, 0.1) is 0 Å². The minimum absolute atomic E-state index is 0.0267. The smallest absolute Gasteiger partial charge is 0.237 e. The fraction of sp³-hybridized carbons (Fsp3) is 0.417. The largest absolute Gasteiger partial charge is 0.454 e. The summed E-state index contributed by atoms with van der Waals surface area (Å²) in [5.74, 6) is 1.44. The Hall–Kier alpha value is -1.23. The van der Waals surface area contributed by atoms with Crippen molar-refractivity contribution in [2.45, 2.75) is 19.9 Å². The lowest BCUT2D eigenvalue weighted by Crippen LogP contribution is -2.37. The van der Waals surface area contributed by atoms with Gasteiger partial charge in [-0.15, -0.1) is 0 Å². The summed E-state index contributed by atoms with van der Waals surface area (Å²) in [6, 6.07) is 5.63. The van der Waals surface area contributed by atoms with Crippen LogP contribution in [-0.4, -0.2) is 24.1 Å². The molecule has 5 heteroatoms. The maximum Gasteiger partial charge on any atom is 0.237 e. The van der Waals surface area contributed by atoms with Crippen LogP contribution >= 0.6 is 15.9 Å². The molecule has 1 aromatic rings. The van der Waals surface area contributed by atoms with Gasteiger partial charge in [-0.3, -0.25) is 4.79 Å². The number of halogens is 1. The summed E-state index contributed by atoms with van der Waals surface area (Å²) >= 11 is 3.20. The van der Waals surface area contributed by atoms with Crippen molar-refractivity contribution in [1.29, 1.82) is 0 Å². The zero-order valence-corrected chi connectivity index (χ0v) is 11.4. The number of rotatable bonds is 3. The number of fused-ring (bicyclic) bond motifs is 1. The molecule has 0 unspecified atom stereocenters. The number of amides is 1. The number of carbonyl (C=O) groups excluding carboxylic acids is 1. The lowest BCUT2D eigenvalue weighted by Gasteiger charge is -2.26. The van der Waals surface area contributed by atoms with E-state index >= 15 is 0 Å². The van der Waals surface area contributed by atoms with E-state index in [4.69, 9.17) is 9.47 Å². The Balaban J connectivity index is 2.33. The Morgan fingerprint density at radius 3 is 2.76 bits per heavy atom. The van der Waals surface area contributed by atoms with E-state index in [-0.39, 0.29) is 18.7 Å². The highest BCUT2D eigenvalue weighted by molar-refractivity contribution is 9.09. The monoisotopic (exact) mass is 299 g/mol. The molecule has 0 atom stereocenters. The molecule has 1 aliphatic rings. The van der Waals surface area contributed by atoms with Crippen molar-refractivity contribution < 1.29 is 14.3 Å². The normalized spacial score (nSPS) is 12.9. The number of hydrogen-bond acceptors (Lipinski definition) is 3. The Bertz CT molecular complexity index is 434. The average Bonchev–Trinajstić information content (AvgIpc) is 2.75. The Morgan fingerprint density at radius 1 is 1.41 bits per heavy atom. The highest BCUT2D eigenvalue weighted by atomic mass is 79.9. The molecule has 1 aromatic carbocycles. The van der Waals surface area contributed by atoms with Gasteiger partial charge in [-0.05, 0) is 26.0 Å². The second-order valence-electron chi connectivity index (χ2n) is 4.03. The first kappa shape index (κ1) is 12.2. The highest BCUT2D eigenvalue weighted by Crippen LogP contribution is 2.36. The minimum atomic E-state index is 0.0267. The standard InChI is InChI=1S/C12H14BrNO3/c1-8(2)14(12(15)6-13)9-3-4-10-11(5-9)17-7-16-10/h3-5,8H,6-7H2,1-2H3. The molecule has 0 radical (unpaired) electrons.